The maximum absolute atomic E-state index is 11.9. The molecule has 0 saturated heterocycles. The molecule has 0 fully saturated rings. The first-order chi connectivity index (χ1) is 15.4. The van der Waals surface area contributed by atoms with E-state index in [0.29, 0.717) is 29.1 Å². The molecule has 2 aromatic carbocycles. The quantitative estimate of drug-likeness (QED) is 0.474. The first-order valence-corrected chi connectivity index (χ1v) is 9.98. The van der Waals surface area contributed by atoms with Crippen molar-refractivity contribution >= 4 is 34.5 Å². The summed E-state index contributed by atoms with van der Waals surface area (Å²) in [4.78, 5) is 32.3. The molecule has 4 rings (SSSR count). The topological polar surface area (TPSA) is 107 Å². The molecule has 1 amide bonds. The van der Waals surface area contributed by atoms with Gasteiger partial charge in [-0.05, 0) is 53.5 Å². The van der Waals surface area contributed by atoms with Crippen molar-refractivity contribution in [3.63, 3.8) is 0 Å². The van der Waals surface area contributed by atoms with Crippen molar-refractivity contribution in [1.82, 2.24) is 9.97 Å². The highest BCUT2D eigenvalue weighted by Gasteiger charge is 2.27. The summed E-state index contributed by atoms with van der Waals surface area (Å²) in [5, 5.41) is 2.81. The van der Waals surface area contributed by atoms with Gasteiger partial charge in [0.25, 0.3) is 5.91 Å². The molecule has 7 heteroatoms. The van der Waals surface area contributed by atoms with Gasteiger partial charge in [0.2, 0.25) is 0 Å². The summed E-state index contributed by atoms with van der Waals surface area (Å²) in [7, 11) is 1.35. The fourth-order valence-electron chi connectivity index (χ4n) is 3.70. The number of methoxy groups -OCH3 is 1. The van der Waals surface area contributed by atoms with Gasteiger partial charge in [-0.3, -0.25) is 4.79 Å². The number of anilines is 2. The Morgan fingerprint density at radius 3 is 2.31 bits per heavy atom. The minimum Gasteiger partial charge on any atom is -0.465 e. The van der Waals surface area contributed by atoms with E-state index in [1.165, 1.54) is 13.4 Å². The van der Waals surface area contributed by atoms with Crippen LogP contribution >= 0.6 is 0 Å². The van der Waals surface area contributed by atoms with Gasteiger partial charge in [-0.2, -0.15) is 0 Å². The van der Waals surface area contributed by atoms with Crippen LogP contribution in [0.1, 0.15) is 39.7 Å². The van der Waals surface area contributed by atoms with Crippen LogP contribution in [-0.2, 0) is 16.0 Å². The lowest BCUT2D eigenvalue weighted by molar-refractivity contribution is -0.112. The number of fused-ring (bicyclic) bond motifs is 1. The molecule has 0 atom stereocenters. The number of allylic oxidation sites excluding steroid dienone is 1. The predicted molar refractivity (Wildman–Crippen MR) is 124 cm³/mol. The molecule has 7 nitrogen and oxygen atoms in total. The molecule has 0 spiro atoms. The van der Waals surface area contributed by atoms with E-state index in [0.717, 1.165) is 33.5 Å². The van der Waals surface area contributed by atoms with Gasteiger partial charge in [-0.1, -0.05) is 30.8 Å². The third kappa shape index (κ3) is 3.88. The Labute approximate surface area is 185 Å². The number of amides is 1. The molecule has 1 aliphatic carbocycles. The molecule has 0 radical (unpaired) electrons. The summed E-state index contributed by atoms with van der Waals surface area (Å²) in [5.74, 6) is -0.213. The Hall–Kier alpha value is -4.26. The van der Waals surface area contributed by atoms with E-state index in [4.69, 9.17) is 10.5 Å². The number of nitrogens with two attached hydrogens (primary N) is 1. The second-order valence-electron chi connectivity index (χ2n) is 7.49. The summed E-state index contributed by atoms with van der Waals surface area (Å²) < 4.78 is 4.79. The van der Waals surface area contributed by atoms with Gasteiger partial charge in [-0.15, -0.1) is 0 Å². The molecule has 0 aliphatic heterocycles. The molecule has 0 bridgehead atoms. The number of esters is 1. The van der Waals surface area contributed by atoms with E-state index in [1.807, 2.05) is 36.4 Å². The number of rotatable bonds is 5. The summed E-state index contributed by atoms with van der Waals surface area (Å²) in [5.41, 5.74) is 13.3. The van der Waals surface area contributed by atoms with Crippen LogP contribution in [-0.4, -0.2) is 29.0 Å². The standard InChI is InChI=1S/C25H22N4O3/c1-14(2)24(30)29-18-10-8-15(9-11-18)19-12-20-22(23(26)28-13-27-20)21(19)16-4-6-17(7-5-16)25(31)32-3/h4-11,13H,1,12H2,2-3H3,(H,29,30)(H2,26,27,28). The van der Waals surface area contributed by atoms with Crippen molar-refractivity contribution in [3.8, 4) is 0 Å². The van der Waals surface area contributed by atoms with Crippen LogP contribution in [0.25, 0.3) is 11.1 Å². The van der Waals surface area contributed by atoms with Crippen LogP contribution < -0.4 is 11.1 Å². The number of ether oxygens (including phenoxy) is 1. The molecule has 1 aromatic heterocycles. The van der Waals surface area contributed by atoms with Gasteiger partial charge in [0.05, 0.1) is 18.4 Å². The molecule has 32 heavy (non-hydrogen) atoms. The fourth-order valence-corrected chi connectivity index (χ4v) is 3.70. The second kappa shape index (κ2) is 8.47. The third-order valence-corrected chi connectivity index (χ3v) is 5.32. The van der Waals surface area contributed by atoms with Gasteiger partial charge in [-0.25, -0.2) is 14.8 Å². The lowest BCUT2D eigenvalue weighted by Crippen LogP contribution is -2.11. The number of carbonyl (C=O) groups excluding carboxylic acids is 2. The molecular weight excluding hydrogens is 404 g/mol. The summed E-state index contributed by atoms with van der Waals surface area (Å²) >= 11 is 0. The van der Waals surface area contributed by atoms with Crippen molar-refractivity contribution < 1.29 is 14.3 Å². The average Bonchev–Trinajstić information content (AvgIpc) is 3.20. The number of nitrogens with one attached hydrogen (secondary N) is 1. The van der Waals surface area contributed by atoms with Crippen molar-refractivity contribution in [2.24, 2.45) is 0 Å². The lowest BCUT2D eigenvalue weighted by atomic mass is 9.94. The van der Waals surface area contributed by atoms with Gasteiger partial charge >= 0.3 is 5.97 Å². The lowest BCUT2D eigenvalue weighted by Gasteiger charge is -2.12. The van der Waals surface area contributed by atoms with Gasteiger partial charge < -0.3 is 15.8 Å². The number of nitrogens with zero attached hydrogens (tertiary/aromatic N) is 2. The smallest absolute Gasteiger partial charge is 0.337 e. The van der Waals surface area contributed by atoms with E-state index in [1.54, 1.807) is 19.1 Å². The largest absolute Gasteiger partial charge is 0.465 e. The van der Waals surface area contributed by atoms with Crippen LogP contribution in [0.5, 0.6) is 0 Å². The van der Waals surface area contributed by atoms with Crippen molar-refractivity contribution in [2.45, 2.75) is 13.3 Å². The predicted octanol–water partition coefficient (Wildman–Crippen LogP) is 3.88. The number of hydrogen-bond donors (Lipinski definition) is 2. The van der Waals surface area contributed by atoms with Gasteiger partial charge in [0.15, 0.2) is 0 Å². The first kappa shape index (κ1) is 21.0. The Morgan fingerprint density at radius 2 is 1.69 bits per heavy atom. The highest BCUT2D eigenvalue weighted by atomic mass is 16.5. The summed E-state index contributed by atoms with van der Waals surface area (Å²) in [6.45, 7) is 5.32. The molecule has 160 valence electrons. The molecule has 3 N–H and O–H groups in total. The maximum atomic E-state index is 11.9. The Morgan fingerprint density at radius 1 is 1.03 bits per heavy atom. The van der Waals surface area contributed by atoms with Crippen LogP contribution in [0, 0.1) is 0 Å². The van der Waals surface area contributed by atoms with Crippen molar-refractivity contribution in [2.75, 3.05) is 18.2 Å². The molecule has 0 unspecified atom stereocenters. The Bertz CT molecular complexity index is 1260. The highest BCUT2D eigenvalue weighted by molar-refractivity contribution is 6.06. The SMILES string of the molecule is C=C(C)C(=O)Nc1ccc(C2=C(c3ccc(C(=O)OC)cc3)c3c(N)ncnc3C2)cc1. The van der Waals surface area contributed by atoms with Crippen molar-refractivity contribution in [1.29, 1.82) is 0 Å². The maximum Gasteiger partial charge on any atom is 0.337 e. The van der Waals surface area contributed by atoms with Crippen LogP contribution in [0.3, 0.4) is 0 Å². The third-order valence-electron chi connectivity index (χ3n) is 5.32. The second-order valence-corrected chi connectivity index (χ2v) is 7.49. The average molecular weight is 426 g/mol. The number of carbonyl (C=O) groups is 2. The number of benzene rings is 2. The van der Waals surface area contributed by atoms with E-state index >= 15 is 0 Å². The minimum absolute atomic E-state index is 0.223. The zero-order chi connectivity index (χ0) is 22.8. The zero-order valence-electron chi connectivity index (χ0n) is 17.8. The van der Waals surface area contributed by atoms with Crippen molar-refractivity contribution in [3.05, 3.63) is 95.0 Å². The molecule has 1 heterocycles. The summed E-state index contributed by atoms with van der Waals surface area (Å²) in [6.07, 6.45) is 2.05. The van der Waals surface area contributed by atoms with E-state index in [9.17, 15) is 9.59 Å². The summed E-state index contributed by atoms with van der Waals surface area (Å²) in [6, 6.07) is 14.8. The fraction of sp³-hybridized carbons (Fsp3) is 0.120. The van der Waals surface area contributed by atoms with E-state index < -0.39 is 5.97 Å². The van der Waals surface area contributed by atoms with Crippen LogP contribution in [0.2, 0.25) is 0 Å². The highest BCUT2D eigenvalue weighted by Crippen LogP contribution is 2.43. The Balaban J connectivity index is 1.78. The van der Waals surface area contributed by atoms with E-state index in [2.05, 4.69) is 21.9 Å². The normalized spacial score (nSPS) is 12.3. The molecule has 3 aromatic rings. The molecular formula is C25H22N4O3. The van der Waals surface area contributed by atoms with Crippen LogP contribution in [0.4, 0.5) is 11.5 Å². The molecule has 0 saturated carbocycles. The first-order valence-electron chi connectivity index (χ1n) is 9.98. The molecule has 1 aliphatic rings. The Kier molecular flexibility index (Phi) is 5.55. The number of hydrogen-bond acceptors (Lipinski definition) is 6. The zero-order valence-corrected chi connectivity index (χ0v) is 17.8. The minimum atomic E-state index is -0.396. The van der Waals surface area contributed by atoms with Crippen LogP contribution in [0.15, 0.2) is 67.0 Å². The van der Waals surface area contributed by atoms with E-state index in [-0.39, 0.29) is 5.91 Å². The number of aromatic nitrogens is 2. The van der Waals surface area contributed by atoms with Gasteiger partial charge in [0, 0.05) is 23.2 Å². The number of nitrogen functional groups attached to an aromatic ring is 1. The monoisotopic (exact) mass is 426 g/mol. The van der Waals surface area contributed by atoms with Gasteiger partial charge in [0.1, 0.15) is 12.1 Å².